The molecule has 1 aliphatic carbocycles. The molecule has 1 heterocycles. The molecule has 1 aromatic rings. The molecule has 1 aromatic carbocycles. The molecule has 7 nitrogen and oxygen atoms in total. The Hall–Kier alpha value is -2.57. The van der Waals surface area contributed by atoms with Gasteiger partial charge in [-0.1, -0.05) is 31.4 Å². The van der Waals surface area contributed by atoms with E-state index in [-0.39, 0.29) is 11.8 Å². The van der Waals surface area contributed by atoms with Crippen LogP contribution in [-0.4, -0.2) is 48.9 Å². The maximum absolute atomic E-state index is 12.4. The van der Waals surface area contributed by atoms with Gasteiger partial charge in [-0.2, -0.15) is 0 Å². The van der Waals surface area contributed by atoms with Crippen LogP contribution >= 0.6 is 0 Å². The van der Waals surface area contributed by atoms with Crippen LogP contribution in [0.3, 0.4) is 0 Å². The minimum atomic E-state index is 0.140. The Morgan fingerprint density at radius 3 is 2.78 bits per heavy atom. The Kier molecular flexibility index (Phi) is 9.85. The van der Waals surface area contributed by atoms with E-state index in [0.717, 1.165) is 94.8 Å². The summed E-state index contributed by atoms with van der Waals surface area (Å²) in [5.41, 5.74) is 1.90. The van der Waals surface area contributed by atoms with Gasteiger partial charge < -0.3 is 20.9 Å². The van der Waals surface area contributed by atoms with Gasteiger partial charge >= 0.3 is 0 Å². The number of guanidine groups is 1. The van der Waals surface area contributed by atoms with Crippen LogP contribution in [0, 0.1) is 5.92 Å². The van der Waals surface area contributed by atoms with Gasteiger partial charge in [-0.15, -0.1) is 0 Å². The number of anilines is 1. The third-order valence-corrected chi connectivity index (χ3v) is 6.25. The Morgan fingerprint density at radius 2 is 1.97 bits per heavy atom. The number of nitrogens with one attached hydrogen (secondary N) is 3. The topological polar surface area (TPSA) is 85.8 Å². The number of benzene rings is 1. The average Bonchev–Trinajstić information content (AvgIpc) is 3.26. The molecule has 0 spiro atoms. The molecule has 32 heavy (non-hydrogen) atoms. The van der Waals surface area contributed by atoms with E-state index in [1.165, 1.54) is 0 Å². The third-order valence-electron chi connectivity index (χ3n) is 6.25. The highest BCUT2D eigenvalue weighted by Crippen LogP contribution is 2.26. The second-order valence-corrected chi connectivity index (χ2v) is 8.84. The molecule has 0 aromatic heterocycles. The summed E-state index contributed by atoms with van der Waals surface area (Å²) in [5, 5.41) is 9.73. The van der Waals surface area contributed by atoms with E-state index in [0.29, 0.717) is 18.9 Å². The van der Waals surface area contributed by atoms with Crippen molar-refractivity contribution in [3.8, 4) is 0 Å². The molecule has 1 saturated heterocycles. The Balaban J connectivity index is 1.46. The van der Waals surface area contributed by atoms with Crippen LogP contribution in [-0.2, 0) is 16.1 Å². The van der Waals surface area contributed by atoms with Gasteiger partial charge in [0.15, 0.2) is 5.96 Å². The van der Waals surface area contributed by atoms with E-state index in [9.17, 15) is 9.59 Å². The number of rotatable bonds is 9. The van der Waals surface area contributed by atoms with Gasteiger partial charge in [-0.05, 0) is 56.7 Å². The summed E-state index contributed by atoms with van der Waals surface area (Å²) in [4.78, 5) is 31.2. The second-order valence-electron chi connectivity index (χ2n) is 8.84. The standard InChI is InChI=1S/C25H39N5O2/c1-2-26-25(27-15-9-17-30-16-7-3-4-14-23(30)31)28-19-20-10-8-13-22(18-20)29-24(32)21-11-5-6-12-21/h8,10,13,18,21H,2-7,9,11-12,14-17,19H2,1H3,(H,29,32)(H2,26,27,28). The molecule has 7 heteroatoms. The molecule has 0 unspecified atom stereocenters. The maximum Gasteiger partial charge on any atom is 0.227 e. The molecule has 1 saturated carbocycles. The molecular weight excluding hydrogens is 402 g/mol. The van der Waals surface area contributed by atoms with Crippen LogP contribution in [0.2, 0.25) is 0 Å². The first-order valence-corrected chi connectivity index (χ1v) is 12.4. The van der Waals surface area contributed by atoms with Crippen molar-refractivity contribution >= 4 is 23.5 Å². The lowest BCUT2D eigenvalue weighted by Crippen LogP contribution is -2.39. The number of aliphatic imine (C=N–C) groups is 1. The molecule has 2 fully saturated rings. The van der Waals surface area contributed by atoms with Gasteiger partial charge in [-0.25, -0.2) is 4.99 Å². The van der Waals surface area contributed by atoms with Crippen LogP contribution in [0.4, 0.5) is 5.69 Å². The maximum atomic E-state index is 12.4. The van der Waals surface area contributed by atoms with Crippen LogP contribution < -0.4 is 16.0 Å². The lowest BCUT2D eigenvalue weighted by molar-refractivity contribution is -0.130. The fraction of sp³-hybridized carbons (Fsp3) is 0.640. The zero-order chi connectivity index (χ0) is 22.6. The smallest absolute Gasteiger partial charge is 0.227 e. The summed E-state index contributed by atoms with van der Waals surface area (Å²) in [5.74, 6) is 1.37. The Morgan fingerprint density at radius 1 is 1.12 bits per heavy atom. The van der Waals surface area contributed by atoms with Gasteiger partial charge in [0.2, 0.25) is 11.8 Å². The van der Waals surface area contributed by atoms with Crippen molar-refractivity contribution in [1.29, 1.82) is 0 Å². The van der Waals surface area contributed by atoms with E-state index in [2.05, 4.69) is 16.0 Å². The lowest BCUT2D eigenvalue weighted by atomic mass is 10.1. The molecule has 1 aliphatic heterocycles. The molecule has 2 amide bonds. The Labute approximate surface area is 192 Å². The molecule has 2 aliphatic rings. The zero-order valence-corrected chi connectivity index (χ0v) is 19.5. The lowest BCUT2D eigenvalue weighted by Gasteiger charge is -2.20. The number of carbonyl (C=O) groups is 2. The van der Waals surface area contributed by atoms with Crippen molar-refractivity contribution in [2.45, 2.75) is 71.3 Å². The van der Waals surface area contributed by atoms with E-state index in [4.69, 9.17) is 4.99 Å². The summed E-state index contributed by atoms with van der Waals surface area (Å²) in [7, 11) is 0. The Bertz CT molecular complexity index is 773. The summed E-state index contributed by atoms with van der Waals surface area (Å²) in [6.45, 7) is 5.83. The minimum absolute atomic E-state index is 0.140. The first kappa shape index (κ1) is 24.1. The van der Waals surface area contributed by atoms with Crippen molar-refractivity contribution in [3.05, 3.63) is 29.8 Å². The molecule has 3 N–H and O–H groups in total. The van der Waals surface area contributed by atoms with Gasteiger partial charge in [0.05, 0.1) is 6.54 Å². The number of likely N-dealkylation sites (tertiary alicyclic amines) is 1. The number of nitrogens with zero attached hydrogens (tertiary/aromatic N) is 2. The molecule has 3 rings (SSSR count). The van der Waals surface area contributed by atoms with Crippen LogP contribution in [0.15, 0.2) is 29.3 Å². The van der Waals surface area contributed by atoms with E-state index in [1.54, 1.807) is 0 Å². The highest BCUT2D eigenvalue weighted by atomic mass is 16.2. The first-order chi connectivity index (χ1) is 15.7. The molecular formula is C25H39N5O2. The highest BCUT2D eigenvalue weighted by molar-refractivity contribution is 5.92. The average molecular weight is 442 g/mol. The SMILES string of the molecule is CCNC(=NCc1cccc(NC(=O)C2CCCC2)c1)NCCCN1CCCCCC1=O. The van der Waals surface area contributed by atoms with Crippen molar-refractivity contribution in [1.82, 2.24) is 15.5 Å². The fourth-order valence-electron chi connectivity index (χ4n) is 4.44. The van der Waals surface area contributed by atoms with Gasteiger partial charge in [0.1, 0.15) is 0 Å². The number of hydrogen-bond donors (Lipinski definition) is 3. The largest absolute Gasteiger partial charge is 0.357 e. The third kappa shape index (κ3) is 7.84. The van der Waals surface area contributed by atoms with Crippen LogP contribution in [0.1, 0.15) is 70.3 Å². The molecule has 0 bridgehead atoms. The summed E-state index contributed by atoms with van der Waals surface area (Å²) in [6.07, 6.45) is 9.20. The molecule has 0 radical (unpaired) electrons. The van der Waals surface area contributed by atoms with Crippen molar-refractivity contribution in [2.24, 2.45) is 10.9 Å². The summed E-state index contributed by atoms with van der Waals surface area (Å²) in [6, 6.07) is 7.94. The van der Waals surface area contributed by atoms with Crippen LogP contribution in [0.5, 0.6) is 0 Å². The number of hydrogen-bond acceptors (Lipinski definition) is 3. The van der Waals surface area contributed by atoms with Crippen molar-refractivity contribution in [2.75, 3.05) is 31.5 Å². The zero-order valence-electron chi connectivity index (χ0n) is 19.5. The first-order valence-electron chi connectivity index (χ1n) is 12.4. The van der Waals surface area contributed by atoms with Gasteiger partial charge in [0, 0.05) is 44.2 Å². The van der Waals surface area contributed by atoms with Gasteiger partial charge in [-0.3, -0.25) is 9.59 Å². The van der Waals surface area contributed by atoms with Crippen LogP contribution in [0.25, 0.3) is 0 Å². The van der Waals surface area contributed by atoms with E-state index < -0.39 is 0 Å². The molecule has 176 valence electrons. The number of amides is 2. The second kappa shape index (κ2) is 13.1. The van der Waals surface area contributed by atoms with Crippen molar-refractivity contribution in [3.63, 3.8) is 0 Å². The van der Waals surface area contributed by atoms with E-state index in [1.807, 2.05) is 36.1 Å². The predicted molar refractivity (Wildman–Crippen MR) is 130 cm³/mol. The van der Waals surface area contributed by atoms with Gasteiger partial charge in [0.25, 0.3) is 0 Å². The highest BCUT2D eigenvalue weighted by Gasteiger charge is 2.22. The quantitative estimate of drug-likeness (QED) is 0.310. The number of carbonyl (C=O) groups excluding carboxylic acids is 2. The predicted octanol–water partition coefficient (Wildman–Crippen LogP) is 3.66. The normalized spacial score (nSPS) is 17.8. The van der Waals surface area contributed by atoms with E-state index >= 15 is 0 Å². The monoisotopic (exact) mass is 441 g/mol. The molecule has 0 atom stereocenters. The van der Waals surface area contributed by atoms with Crippen molar-refractivity contribution < 1.29 is 9.59 Å². The minimum Gasteiger partial charge on any atom is -0.357 e. The fourth-order valence-corrected chi connectivity index (χ4v) is 4.44. The summed E-state index contributed by atoms with van der Waals surface area (Å²) >= 11 is 0. The summed E-state index contributed by atoms with van der Waals surface area (Å²) < 4.78 is 0.